The molecule has 0 N–H and O–H groups in total. The van der Waals surface area contributed by atoms with Crippen LogP contribution in [0.5, 0.6) is 0 Å². The minimum absolute atomic E-state index is 0.0581. The molecule has 0 heterocycles. The summed E-state index contributed by atoms with van der Waals surface area (Å²) in [6, 6.07) is 0. The van der Waals surface area contributed by atoms with Gasteiger partial charge in [0.1, 0.15) is 6.61 Å². The van der Waals surface area contributed by atoms with Gasteiger partial charge < -0.3 is 14.2 Å². The van der Waals surface area contributed by atoms with E-state index in [0.717, 1.165) is 89.9 Å². The molecule has 0 spiro atoms. The van der Waals surface area contributed by atoms with Gasteiger partial charge in [0.15, 0.2) is 6.10 Å². The first-order valence-electron chi connectivity index (χ1n) is 27.1. The molecule has 0 radical (unpaired) electrons. The second-order valence-corrected chi connectivity index (χ2v) is 17.8. The van der Waals surface area contributed by atoms with Crippen LogP contribution in [0, 0.1) is 0 Å². The standard InChI is InChI=1S/C59H102O5/c1-4-7-10-13-16-19-22-25-27-28-29-30-31-33-36-39-42-45-48-51-54-62-55-57(64-59(61)53-50-47-44-41-38-34-24-21-18-15-12-9-6-3)56-63-58(60)52-49-46-43-40-37-35-32-26-23-20-17-14-11-8-5-2/h7,10,16,19,21,24-25,27,29-30,33,36,42,45,57H,4-6,8-9,11-15,17-18,20,22-23,26,28,31-32,34-35,37-41,43-44,46-56H2,1-3H3/b10-7-,19-16-,24-21-,27-25-,30-29-,36-33-,45-42-. The number of esters is 2. The van der Waals surface area contributed by atoms with Gasteiger partial charge in [-0.25, -0.2) is 0 Å². The number of hydrogen-bond acceptors (Lipinski definition) is 5. The van der Waals surface area contributed by atoms with E-state index in [1.807, 2.05) is 0 Å². The number of ether oxygens (including phenoxy) is 3. The molecule has 0 rings (SSSR count). The van der Waals surface area contributed by atoms with E-state index in [-0.39, 0.29) is 25.2 Å². The fourth-order valence-electron chi connectivity index (χ4n) is 7.40. The average molecular weight is 891 g/mol. The predicted octanol–water partition coefficient (Wildman–Crippen LogP) is 18.5. The zero-order valence-corrected chi connectivity index (χ0v) is 42.3. The summed E-state index contributed by atoms with van der Waals surface area (Å²) in [5.74, 6) is -0.434. The van der Waals surface area contributed by atoms with E-state index in [9.17, 15) is 9.59 Å². The molecule has 0 aromatic rings. The molecule has 1 unspecified atom stereocenters. The van der Waals surface area contributed by atoms with Gasteiger partial charge in [0.25, 0.3) is 0 Å². The maximum absolute atomic E-state index is 12.8. The maximum Gasteiger partial charge on any atom is 0.306 e. The van der Waals surface area contributed by atoms with Crippen LogP contribution in [0.15, 0.2) is 85.1 Å². The lowest BCUT2D eigenvalue weighted by molar-refractivity contribution is -0.163. The van der Waals surface area contributed by atoms with Crippen LogP contribution in [0.4, 0.5) is 0 Å². The van der Waals surface area contributed by atoms with Crippen molar-refractivity contribution >= 4 is 11.9 Å². The molecule has 1 atom stereocenters. The summed E-state index contributed by atoms with van der Waals surface area (Å²) >= 11 is 0. The average Bonchev–Trinajstić information content (AvgIpc) is 3.30. The van der Waals surface area contributed by atoms with Crippen LogP contribution < -0.4 is 0 Å². The van der Waals surface area contributed by atoms with Gasteiger partial charge in [-0.2, -0.15) is 0 Å². The second-order valence-electron chi connectivity index (χ2n) is 17.8. The van der Waals surface area contributed by atoms with Gasteiger partial charge in [-0.3, -0.25) is 9.59 Å². The van der Waals surface area contributed by atoms with Gasteiger partial charge in [-0.1, -0.05) is 234 Å². The molecule has 5 nitrogen and oxygen atoms in total. The third-order valence-corrected chi connectivity index (χ3v) is 11.4. The number of hydrogen-bond donors (Lipinski definition) is 0. The monoisotopic (exact) mass is 891 g/mol. The van der Waals surface area contributed by atoms with Gasteiger partial charge in [-0.05, 0) is 89.9 Å². The lowest BCUT2D eigenvalue weighted by Crippen LogP contribution is -2.30. The van der Waals surface area contributed by atoms with Gasteiger partial charge in [0, 0.05) is 19.4 Å². The summed E-state index contributed by atoms with van der Waals surface area (Å²) in [6.07, 6.45) is 71.8. The molecule has 0 bridgehead atoms. The molecular formula is C59H102O5. The zero-order valence-electron chi connectivity index (χ0n) is 42.3. The largest absolute Gasteiger partial charge is 0.462 e. The summed E-state index contributed by atoms with van der Waals surface area (Å²) in [4.78, 5) is 25.4. The molecule has 0 aliphatic carbocycles. The number of rotatable bonds is 49. The third-order valence-electron chi connectivity index (χ3n) is 11.4. The van der Waals surface area contributed by atoms with Crippen molar-refractivity contribution in [3.05, 3.63) is 85.1 Å². The predicted molar refractivity (Wildman–Crippen MR) is 279 cm³/mol. The Balaban J connectivity index is 4.37. The number of allylic oxidation sites excluding steroid dienone is 14. The van der Waals surface area contributed by atoms with E-state index in [4.69, 9.17) is 14.2 Å². The molecule has 0 amide bonds. The molecule has 64 heavy (non-hydrogen) atoms. The van der Waals surface area contributed by atoms with E-state index in [0.29, 0.717) is 19.4 Å². The summed E-state index contributed by atoms with van der Waals surface area (Å²) in [5, 5.41) is 0. The smallest absolute Gasteiger partial charge is 0.306 e. The van der Waals surface area contributed by atoms with E-state index < -0.39 is 6.10 Å². The minimum atomic E-state index is -0.572. The third kappa shape index (κ3) is 51.7. The SMILES string of the molecule is CC/C=C\C/C=C\C/C=C\C/C=C\C/C=C\C/C=C\CCCOCC(COC(=O)CCCCCCCCCCCCCCCCC)OC(=O)CCCCCCC/C=C\CCCCCC. The first-order valence-corrected chi connectivity index (χ1v) is 27.1. The van der Waals surface area contributed by atoms with Crippen LogP contribution in [0.1, 0.15) is 252 Å². The molecule has 0 saturated carbocycles. The molecule has 0 saturated heterocycles. The molecule has 0 aromatic heterocycles. The van der Waals surface area contributed by atoms with E-state index in [1.54, 1.807) is 0 Å². The highest BCUT2D eigenvalue weighted by Gasteiger charge is 2.17. The zero-order chi connectivity index (χ0) is 46.3. The van der Waals surface area contributed by atoms with Crippen LogP contribution in [0.3, 0.4) is 0 Å². The van der Waals surface area contributed by atoms with E-state index in [2.05, 4.69) is 106 Å². The van der Waals surface area contributed by atoms with E-state index >= 15 is 0 Å². The molecule has 368 valence electrons. The van der Waals surface area contributed by atoms with Crippen LogP contribution in [-0.2, 0) is 23.8 Å². The summed E-state index contributed by atoms with van der Waals surface area (Å²) < 4.78 is 17.4. The van der Waals surface area contributed by atoms with Crippen molar-refractivity contribution in [2.75, 3.05) is 19.8 Å². The minimum Gasteiger partial charge on any atom is -0.462 e. The maximum atomic E-state index is 12.8. The van der Waals surface area contributed by atoms with Crippen LogP contribution in [0.25, 0.3) is 0 Å². The normalized spacial score (nSPS) is 12.9. The lowest BCUT2D eigenvalue weighted by atomic mass is 10.0. The van der Waals surface area contributed by atoms with Crippen molar-refractivity contribution in [2.24, 2.45) is 0 Å². The van der Waals surface area contributed by atoms with Crippen LogP contribution in [-0.4, -0.2) is 37.9 Å². The van der Waals surface area contributed by atoms with Crippen molar-refractivity contribution in [1.82, 2.24) is 0 Å². The van der Waals surface area contributed by atoms with Crippen molar-refractivity contribution in [2.45, 2.75) is 258 Å². The quantitative estimate of drug-likeness (QED) is 0.0346. The topological polar surface area (TPSA) is 61.8 Å². The Hall–Kier alpha value is -2.92. The highest BCUT2D eigenvalue weighted by atomic mass is 16.6. The Labute approximate surface area is 397 Å². The summed E-state index contributed by atoms with van der Waals surface area (Å²) in [7, 11) is 0. The van der Waals surface area contributed by atoms with Crippen LogP contribution in [0.2, 0.25) is 0 Å². The van der Waals surface area contributed by atoms with Crippen molar-refractivity contribution in [3.8, 4) is 0 Å². The molecular weight excluding hydrogens is 789 g/mol. The Morgan fingerprint density at radius 2 is 0.703 bits per heavy atom. The molecule has 0 fully saturated rings. The van der Waals surface area contributed by atoms with Gasteiger partial charge in [-0.15, -0.1) is 0 Å². The van der Waals surface area contributed by atoms with E-state index in [1.165, 1.54) is 128 Å². The molecule has 0 aliphatic heterocycles. The first kappa shape index (κ1) is 61.1. The Kier molecular flexibility index (Phi) is 51.9. The Morgan fingerprint density at radius 1 is 0.359 bits per heavy atom. The lowest BCUT2D eigenvalue weighted by Gasteiger charge is -2.18. The Bertz CT molecular complexity index is 1190. The van der Waals surface area contributed by atoms with Crippen molar-refractivity contribution in [3.63, 3.8) is 0 Å². The Morgan fingerprint density at radius 3 is 1.16 bits per heavy atom. The highest BCUT2D eigenvalue weighted by Crippen LogP contribution is 2.15. The van der Waals surface area contributed by atoms with Gasteiger partial charge in [0.05, 0.1) is 6.61 Å². The highest BCUT2D eigenvalue weighted by molar-refractivity contribution is 5.70. The van der Waals surface area contributed by atoms with Gasteiger partial charge in [0.2, 0.25) is 0 Å². The summed E-state index contributed by atoms with van der Waals surface area (Å²) in [5.41, 5.74) is 0. The number of unbranched alkanes of at least 4 members (excludes halogenated alkanes) is 24. The van der Waals surface area contributed by atoms with Crippen LogP contribution >= 0.6 is 0 Å². The molecule has 5 heteroatoms. The number of carbonyl (C=O) groups excluding carboxylic acids is 2. The fourth-order valence-corrected chi connectivity index (χ4v) is 7.40. The molecule has 0 aliphatic rings. The van der Waals surface area contributed by atoms with Gasteiger partial charge >= 0.3 is 11.9 Å². The fraction of sp³-hybridized carbons (Fsp3) is 0.729. The van der Waals surface area contributed by atoms with Crippen molar-refractivity contribution < 1.29 is 23.8 Å². The first-order chi connectivity index (χ1) is 31.6. The number of carbonyl (C=O) groups is 2. The summed E-state index contributed by atoms with van der Waals surface area (Å²) in [6.45, 7) is 7.57. The second kappa shape index (κ2) is 54.4. The molecule has 0 aromatic carbocycles. The van der Waals surface area contributed by atoms with Crippen molar-refractivity contribution in [1.29, 1.82) is 0 Å².